The van der Waals surface area contributed by atoms with Gasteiger partial charge in [-0.1, -0.05) is 6.92 Å². The third kappa shape index (κ3) is 1.60. The number of hydrazine groups is 1. The minimum Gasteiger partial charge on any atom is -0.208 e. The van der Waals surface area contributed by atoms with Crippen molar-refractivity contribution in [2.75, 3.05) is 14.1 Å². The van der Waals surface area contributed by atoms with E-state index < -0.39 is 22.8 Å². The van der Waals surface area contributed by atoms with Crippen molar-refractivity contribution in [1.82, 2.24) is 10.1 Å². The summed E-state index contributed by atoms with van der Waals surface area (Å²) in [6.07, 6.45) is 0.173. The van der Waals surface area contributed by atoms with Gasteiger partial charge in [0.25, 0.3) is 0 Å². The van der Waals surface area contributed by atoms with Gasteiger partial charge in [-0.25, -0.2) is 5.01 Å². The Hall–Kier alpha value is -2.68. The van der Waals surface area contributed by atoms with Gasteiger partial charge >= 0.3 is 0 Å². The zero-order valence-electron chi connectivity index (χ0n) is 11.4. The van der Waals surface area contributed by atoms with Crippen molar-refractivity contribution in [2.45, 2.75) is 19.4 Å². The Morgan fingerprint density at radius 3 is 1.80 bits per heavy atom. The highest BCUT2D eigenvalue weighted by Gasteiger charge is 2.69. The summed E-state index contributed by atoms with van der Waals surface area (Å²) in [6, 6.07) is 6.29. The van der Waals surface area contributed by atoms with Crippen LogP contribution in [0.2, 0.25) is 0 Å². The van der Waals surface area contributed by atoms with E-state index in [9.17, 15) is 26.0 Å². The van der Waals surface area contributed by atoms with Gasteiger partial charge in [-0.2, -0.15) is 26.2 Å². The SMILES string of the molecule is CC1CC(N(N=O)N(C)C)C(C#N)(C#N)C1(C#N)C#N. The minimum absolute atomic E-state index is 0.173. The van der Waals surface area contributed by atoms with Gasteiger partial charge in [0.15, 0.2) is 10.8 Å². The third-order valence-electron chi connectivity index (χ3n) is 3.92. The molecule has 0 aromatic carbocycles. The van der Waals surface area contributed by atoms with Crippen LogP contribution in [-0.4, -0.2) is 30.3 Å². The summed E-state index contributed by atoms with van der Waals surface area (Å²) in [5, 5.41) is 42.8. The molecular weight excluding hydrogens is 258 g/mol. The van der Waals surface area contributed by atoms with Crippen molar-refractivity contribution < 1.29 is 0 Å². The van der Waals surface area contributed by atoms with Crippen molar-refractivity contribution in [3.63, 3.8) is 0 Å². The first-order valence-electron chi connectivity index (χ1n) is 5.85. The summed E-state index contributed by atoms with van der Waals surface area (Å²) in [5.74, 6) is -0.536. The van der Waals surface area contributed by atoms with Gasteiger partial charge in [0.05, 0.1) is 29.6 Å². The van der Waals surface area contributed by atoms with Gasteiger partial charge in [-0.15, -0.1) is 4.91 Å². The summed E-state index contributed by atoms with van der Waals surface area (Å²) < 4.78 is 0. The van der Waals surface area contributed by atoms with Crippen LogP contribution >= 0.6 is 0 Å². The van der Waals surface area contributed by atoms with Crippen LogP contribution < -0.4 is 0 Å². The Kier molecular flexibility index (Phi) is 3.95. The summed E-state index contributed by atoms with van der Waals surface area (Å²) >= 11 is 0. The molecule has 0 aromatic heterocycles. The number of nitriles is 4. The molecule has 0 saturated heterocycles. The molecule has 0 aromatic rings. The summed E-state index contributed by atoms with van der Waals surface area (Å²) in [7, 11) is 3.06. The molecule has 1 aliphatic carbocycles. The van der Waals surface area contributed by atoms with E-state index in [2.05, 4.69) is 5.29 Å². The number of nitroso groups, excluding NO2 is 1. The maximum atomic E-state index is 11.0. The van der Waals surface area contributed by atoms with E-state index in [0.29, 0.717) is 0 Å². The molecule has 1 saturated carbocycles. The highest BCUT2D eigenvalue weighted by Crippen LogP contribution is 2.57. The van der Waals surface area contributed by atoms with Gasteiger partial charge in [-0.05, 0) is 12.3 Å². The molecule has 8 nitrogen and oxygen atoms in total. The Bertz CT molecular complexity index is 543. The molecule has 2 unspecified atom stereocenters. The lowest BCUT2D eigenvalue weighted by Crippen LogP contribution is -2.51. The quantitative estimate of drug-likeness (QED) is 0.550. The van der Waals surface area contributed by atoms with E-state index in [1.807, 2.05) is 12.1 Å². The van der Waals surface area contributed by atoms with E-state index in [-0.39, 0.29) is 6.42 Å². The molecule has 1 aliphatic rings. The van der Waals surface area contributed by atoms with Crippen LogP contribution in [0, 0.1) is 67.0 Å². The second kappa shape index (κ2) is 5.13. The Morgan fingerprint density at radius 2 is 1.50 bits per heavy atom. The zero-order chi connectivity index (χ0) is 15.6. The number of nitrogens with zero attached hydrogens (tertiary/aromatic N) is 7. The fourth-order valence-electron chi connectivity index (χ4n) is 2.79. The standard InChI is InChI=1S/C12H13N7O/c1-9-4-10(19(17-20)18(2)3)12(7-15,8-16)11(9,5-13)6-14/h9-10H,4H2,1-3H3. The monoisotopic (exact) mass is 271 g/mol. The van der Waals surface area contributed by atoms with Crippen LogP contribution in [0.1, 0.15) is 13.3 Å². The van der Waals surface area contributed by atoms with Crippen LogP contribution in [0.4, 0.5) is 0 Å². The largest absolute Gasteiger partial charge is 0.208 e. The minimum atomic E-state index is -1.94. The van der Waals surface area contributed by atoms with E-state index in [1.165, 1.54) is 19.1 Å². The molecule has 0 radical (unpaired) electrons. The van der Waals surface area contributed by atoms with Crippen molar-refractivity contribution in [2.24, 2.45) is 22.0 Å². The molecule has 0 N–H and O–H groups in total. The lowest BCUT2D eigenvalue weighted by molar-refractivity contribution is -0.0421. The van der Waals surface area contributed by atoms with Gasteiger partial charge in [0.1, 0.15) is 6.04 Å². The molecule has 1 rings (SSSR count). The average Bonchev–Trinajstić information content (AvgIpc) is 2.68. The molecule has 20 heavy (non-hydrogen) atoms. The third-order valence-corrected chi connectivity index (χ3v) is 3.92. The van der Waals surface area contributed by atoms with Crippen molar-refractivity contribution in [3.05, 3.63) is 4.91 Å². The van der Waals surface area contributed by atoms with Gasteiger partial charge in [0.2, 0.25) is 0 Å². The lowest BCUT2D eigenvalue weighted by atomic mass is 9.64. The van der Waals surface area contributed by atoms with E-state index in [1.54, 1.807) is 19.1 Å². The lowest BCUT2D eigenvalue weighted by Gasteiger charge is -2.35. The van der Waals surface area contributed by atoms with E-state index in [4.69, 9.17) is 0 Å². The molecule has 1 fully saturated rings. The maximum absolute atomic E-state index is 11.0. The first-order valence-corrected chi connectivity index (χ1v) is 5.85. The fourth-order valence-corrected chi connectivity index (χ4v) is 2.79. The van der Waals surface area contributed by atoms with Crippen molar-refractivity contribution in [3.8, 4) is 24.3 Å². The first kappa shape index (κ1) is 15.4. The van der Waals surface area contributed by atoms with Crippen LogP contribution in [0.15, 0.2) is 5.29 Å². The fraction of sp³-hybridized carbons (Fsp3) is 0.667. The zero-order valence-corrected chi connectivity index (χ0v) is 11.4. The Morgan fingerprint density at radius 1 is 1.05 bits per heavy atom. The summed E-state index contributed by atoms with van der Waals surface area (Å²) in [4.78, 5) is 11.0. The highest BCUT2D eigenvalue weighted by atomic mass is 16.3. The van der Waals surface area contributed by atoms with Crippen LogP contribution in [-0.2, 0) is 0 Å². The molecule has 0 heterocycles. The normalized spacial score (nSPS) is 25.8. The summed E-state index contributed by atoms with van der Waals surface area (Å²) in [6.45, 7) is 1.62. The second-order valence-corrected chi connectivity index (χ2v) is 4.97. The Balaban J connectivity index is 3.58. The molecule has 8 heteroatoms. The van der Waals surface area contributed by atoms with Gasteiger partial charge < -0.3 is 0 Å². The van der Waals surface area contributed by atoms with Crippen molar-refractivity contribution in [1.29, 1.82) is 21.0 Å². The number of hydrogen-bond acceptors (Lipinski definition) is 7. The molecule has 0 amide bonds. The molecule has 102 valence electrons. The summed E-state index contributed by atoms with van der Waals surface area (Å²) in [5.41, 5.74) is -3.73. The predicted octanol–water partition coefficient (Wildman–Crippen LogP) is 0.922. The topological polar surface area (TPSA) is 131 Å². The van der Waals surface area contributed by atoms with Crippen LogP contribution in [0.5, 0.6) is 0 Å². The maximum Gasteiger partial charge on any atom is 0.199 e. The van der Waals surface area contributed by atoms with E-state index >= 15 is 0 Å². The second-order valence-electron chi connectivity index (χ2n) is 4.97. The van der Waals surface area contributed by atoms with Gasteiger partial charge in [0, 0.05) is 14.1 Å². The average molecular weight is 271 g/mol. The van der Waals surface area contributed by atoms with Crippen molar-refractivity contribution >= 4 is 0 Å². The van der Waals surface area contributed by atoms with Gasteiger partial charge in [-0.3, -0.25) is 0 Å². The molecule has 0 bridgehead atoms. The molecule has 0 aliphatic heterocycles. The molecule has 0 spiro atoms. The highest BCUT2D eigenvalue weighted by molar-refractivity contribution is 5.41. The van der Waals surface area contributed by atoms with Crippen LogP contribution in [0.3, 0.4) is 0 Å². The Labute approximate surface area is 116 Å². The molecule has 2 atom stereocenters. The number of hydrogen-bond donors (Lipinski definition) is 0. The first-order chi connectivity index (χ1) is 9.40. The predicted molar refractivity (Wildman–Crippen MR) is 66.2 cm³/mol. The van der Waals surface area contributed by atoms with Crippen LogP contribution in [0.25, 0.3) is 0 Å². The van der Waals surface area contributed by atoms with E-state index in [0.717, 1.165) is 5.12 Å². The number of rotatable bonds is 3. The smallest absolute Gasteiger partial charge is 0.199 e. The molecular formula is C12H13N7O.